The third-order valence-corrected chi connectivity index (χ3v) is 2.86. The summed E-state index contributed by atoms with van der Waals surface area (Å²) in [5.41, 5.74) is 0.00697. The summed E-state index contributed by atoms with van der Waals surface area (Å²) < 4.78 is 1.55. The molecule has 0 radical (unpaired) electrons. The number of nitrogens with zero attached hydrogens (tertiary/aromatic N) is 3. The second-order valence-corrected chi connectivity index (χ2v) is 5.20. The fourth-order valence-electron chi connectivity index (χ4n) is 2.08. The Kier molecular flexibility index (Phi) is 3.04. The second-order valence-electron chi connectivity index (χ2n) is 5.20. The number of carbonyl (C=O) groups is 1. The lowest BCUT2D eigenvalue weighted by Gasteiger charge is -2.19. The average molecular weight is 237 g/mol. The van der Waals surface area contributed by atoms with Crippen molar-refractivity contribution in [2.45, 2.75) is 38.6 Å². The van der Waals surface area contributed by atoms with Crippen LogP contribution in [0, 0.1) is 5.92 Å². The van der Waals surface area contributed by atoms with Gasteiger partial charge in [0, 0.05) is 12.6 Å². The minimum absolute atomic E-state index is 0.00697. The molecule has 2 rings (SSSR count). The Morgan fingerprint density at radius 2 is 2.29 bits per heavy atom. The fraction of sp³-hybridized carbons (Fsp3) is 0.727. The summed E-state index contributed by atoms with van der Waals surface area (Å²) in [6.45, 7) is 4.33. The van der Waals surface area contributed by atoms with E-state index in [-0.39, 0.29) is 11.6 Å². The molecule has 1 saturated carbocycles. The van der Waals surface area contributed by atoms with Gasteiger partial charge in [-0.2, -0.15) is 0 Å². The average Bonchev–Trinajstić information content (AvgIpc) is 2.80. The maximum Gasteiger partial charge on any atom is 0.322 e. The number of carbonyl (C=O) groups excluding carboxylic acids is 1. The molecule has 6 nitrogen and oxygen atoms in total. The van der Waals surface area contributed by atoms with Crippen LogP contribution in [0.5, 0.6) is 0 Å². The first kappa shape index (κ1) is 11.9. The lowest BCUT2D eigenvalue weighted by Crippen LogP contribution is -2.40. The molecule has 6 heteroatoms. The molecule has 1 aliphatic rings. The normalized spacial score (nSPS) is 16.9. The molecule has 0 unspecified atom stereocenters. The van der Waals surface area contributed by atoms with E-state index in [1.807, 2.05) is 0 Å². The summed E-state index contributed by atoms with van der Waals surface area (Å²) >= 11 is 0. The number of amides is 2. The van der Waals surface area contributed by atoms with Gasteiger partial charge in [0.2, 0.25) is 5.95 Å². The molecule has 0 bridgehead atoms. The fourth-order valence-corrected chi connectivity index (χ4v) is 2.08. The maximum absolute atomic E-state index is 11.7. The molecule has 2 amide bonds. The molecule has 0 spiro atoms. The van der Waals surface area contributed by atoms with Crippen LogP contribution in [0.2, 0.25) is 0 Å². The van der Waals surface area contributed by atoms with Crippen LogP contribution in [-0.2, 0) is 7.05 Å². The summed E-state index contributed by atoms with van der Waals surface area (Å²) in [4.78, 5) is 15.7. The first-order chi connectivity index (χ1) is 7.99. The Bertz CT molecular complexity index is 408. The van der Waals surface area contributed by atoms with Gasteiger partial charge in [-0.3, -0.25) is 10.00 Å². The van der Waals surface area contributed by atoms with Crippen LogP contribution < -0.4 is 10.6 Å². The molecule has 1 heterocycles. The predicted octanol–water partition coefficient (Wildman–Crippen LogP) is 1.52. The van der Waals surface area contributed by atoms with Crippen LogP contribution in [0.15, 0.2) is 6.33 Å². The Morgan fingerprint density at radius 1 is 1.59 bits per heavy atom. The van der Waals surface area contributed by atoms with Crippen molar-refractivity contribution < 1.29 is 4.79 Å². The van der Waals surface area contributed by atoms with Crippen molar-refractivity contribution in [2.75, 3.05) is 5.32 Å². The molecular formula is C11H19N5O. The zero-order chi connectivity index (χ0) is 12.5. The molecule has 1 aromatic heterocycles. The zero-order valence-electron chi connectivity index (χ0n) is 10.5. The summed E-state index contributed by atoms with van der Waals surface area (Å²) in [6, 6.07) is -0.214. The van der Waals surface area contributed by atoms with Crippen molar-refractivity contribution in [1.82, 2.24) is 20.1 Å². The molecule has 1 aliphatic carbocycles. The van der Waals surface area contributed by atoms with Crippen LogP contribution in [0.1, 0.15) is 33.1 Å². The lowest BCUT2D eigenvalue weighted by molar-refractivity contribution is 0.244. The number of nitrogens with one attached hydrogen (secondary N) is 2. The molecule has 2 N–H and O–H groups in total. The first-order valence-corrected chi connectivity index (χ1v) is 5.94. The van der Waals surface area contributed by atoms with Crippen molar-refractivity contribution in [3.8, 4) is 0 Å². The van der Waals surface area contributed by atoms with Gasteiger partial charge in [-0.1, -0.05) is 13.8 Å². The standard InChI is InChI=1S/C11H19N5O/c1-8(2)6-11(4-5-11)14-10(17)13-9-12-7-16(3)15-9/h7-8H,4-6H2,1-3H3,(H2,13,14,15,17). The Hall–Kier alpha value is -1.59. The third-order valence-electron chi connectivity index (χ3n) is 2.86. The van der Waals surface area contributed by atoms with Gasteiger partial charge >= 0.3 is 6.03 Å². The minimum Gasteiger partial charge on any atom is -0.332 e. The maximum atomic E-state index is 11.7. The van der Waals surface area contributed by atoms with Crippen LogP contribution in [0.4, 0.5) is 10.7 Å². The van der Waals surface area contributed by atoms with Gasteiger partial charge in [0.1, 0.15) is 6.33 Å². The van der Waals surface area contributed by atoms with Crippen molar-refractivity contribution >= 4 is 12.0 Å². The van der Waals surface area contributed by atoms with Crippen LogP contribution in [0.25, 0.3) is 0 Å². The van der Waals surface area contributed by atoms with Crippen LogP contribution in [-0.4, -0.2) is 26.3 Å². The lowest BCUT2D eigenvalue weighted by atomic mass is 10.0. The highest BCUT2D eigenvalue weighted by molar-refractivity contribution is 5.88. The quantitative estimate of drug-likeness (QED) is 0.833. The number of aryl methyl sites for hydroxylation is 1. The first-order valence-electron chi connectivity index (χ1n) is 5.94. The Balaban J connectivity index is 1.85. The smallest absolute Gasteiger partial charge is 0.322 e. The summed E-state index contributed by atoms with van der Waals surface area (Å²) in [6.07, 6.45) is 4.70. The van der Waals surface area contributed by atoms with E-state index in [4.69, 9.17) is 0 Å². The Labute approximate surface area is 101 Å². The zero-order valence-corrected chi connectivity index (χ0v) is 10.5. The molecule has 17 heavy (non-hydrogen) atoms. The molecule has 94 valence electrons. The molecule has 0 aliphatic heterocycles. The highest BCUT2D eigenvalue weighted by Crippen LogP contribution is 2.40. The number of anilines is 1. The van der Waals surface area contributed by atoms with E-state index in [2.05, 4.69) is 34.6 Å². The second kappa shape index (κ2) is 4.35. The van der Waals surface area contributed by atoms with E-state index in [9.17, 15) is 4.79 Å². The largest absolute Gasteiger partial charge is 0.332 e. The number of hydrogen-bond acceptors (Lipinski definition) is 3. The minimum atomic E-state index is -0.214. The summed E-state index contributed by atoms with van der Waals surface area (Å²) in [7, 11) is 1.76. The van der Waals surface area contributed by atoms with Gasteiger partial charge in [0.15, 0.2) is 0 Å². The SMILES string of the molecule is CC(C)CC1(NC(=O)Nc2ncn(C)n2)CC1. The summed E-state index contributed by atoms with van der Waals surface area (Å²) in [5.74, 6) is 0.927. The highest BCUT2D eigenvalue weighted by Gasteiger charge is 2.44. The van der Waals surface area contributed by atoms with Crippen molar-refractivity contribution in [3.63, 3.8) is 0 Å². The molecule has 1 fully saturated rings. The molecule has 1 aromatic rings. The van der Waals surface area contributed by atoms with E-state index in [0.717, 1.165) is 19.3 Å². The van der Waals surface area contributed by atoms with E-state index in [0.29, 0.717) is 11.9 Å². The number of urea groups is 1. The van der Waals surface area contributed by atoms with Gasteiger partial charge in [-0.25, -0.2) is 9.78 Å². The number of hydrogen-bond donors (Lipinski definition) is 2. The summed E-state index contributed by atoms with van der Waals surface area (Å²) in [5, 5.41) is 9.65. The van der Waals surface area contributed by atoms with Gasteiger partial charge < -0.3 is 5.32 Å². The predicted molar refractivity (Wildman–Crippen MR) is 64.6 cm³/mol. The van der Waals surface area contributed by atoms with Gasteiger partial charge in [0.05, 0.1) is 0 Å². The van der Waals surface area contributed by atoms with E-state index < -0.39 is 0 Å². The van der Waals surface area contributed by atoms with Crippen LogP contribution in [0.3, 0.4) is 0 Å². The van der Waals surface area contributed by atoms with Gasteiger partial charge in [-0.15, -0.1) is 5.10 Å². The molecule has 0 saturated heterocycles. The van der Waals surface area contributed by atoms with Crippen molar-refractivity contribution in [2.24, 2.45) is 13.0 Å². The van der Waals surface area contributed by atoms with Crippen LogP contribution >= 0.6 is 0 Å². The molecule has 0 aromatic carbocycles. The monoisotopic (exact) mass is 237 g/mol. The Morgan fingerprint density at radius 3 is 2.76 bits per heavy atom. The van der Waals surface area contributed by atoms with Gasteiger partial charge in [-0.05, 0) is 25.2 Å². The molecular weight excluding hydrogens is 218 g/mol. The van der Waals surface area contributed by atoms with E-state index in [1.165, 1.54) is 0 Å². The topological polar surface area (TPSA) is 71.8 Å². The van der Waals surface area contributed by atoms with Crippen molar-refractivity contribution in [1.29, 1.82) is 0 Å². The molecule has 0 atom stereocenters. The van der Waals surface area contributed by atoms with Crippen molar-refractivity contribution in [3.05, 3.63) is 6.33 Å². The van der Waals surface area contributed by atoms with E-state index in [1.54, 1.807) is 18.1 Å². The number of rotatable bonds is 4. The van der Waals surface area contributed by atoms with E-state index >= 15 is 0 Å². The highest BCUT2D eigenvalue weighted by atomic mass is 16.2. The number of aromatic nitrogens is 3. The third kappa shape index (κ3) is 3.18. The van der Waals surface area contributed by atoms with Gasteiger partial charge in [0.25, 0.3) is 0 Å².